The number of nitrogens with zero attached hydrogens (tertiary/aromatic N) is 1. The van der Waals surface area contributed by atoms with Crippen LogP contribution in [0.25, 0.3) is 0 Å². The van der Waals surface area contributed by atoms with E-state index in [1.807, 2.05) is 84.6 Å². The van der Waals surface area contributed by atoms with Crippen molar-refractivity contribution in [1.29, 1.82) is 0 Å². The summed E-state index contributed by atoms with van der Waals surface area (Å²) in [7, 11) is 1.62. The van der Waals surface area contributed by atoms with Crippen molar-refractivity contribution < 1.29 is 14.3 Å². The van der Waals surface area contributed by atoms with Crippen LogP contribution in [0.1, 0.15) is 34.6 Å². The van der Waals surface area contributed by atoms with Gasteiger partial charge in [0, 0.05) is 12.2 Å². The molecular weight excluding hydrogens is 364 g/mol. The molecule has 29 heavy (non-hydrogen) atoms. The summed E-state index contributed by atoms with van der Waals surface area (Å²) in [5.41, 5.74) is 3.53. The number of hydrogen-bond donors (Lipinski definition) is 1. The minimum atomic E-state index is -0.317. The molecule has 0 fully saturated rings. The van der Waals surface area contributed by atoms with Crippen molar-refractivity contribution in [1.82, 2.24) is 4.90 Å². The second kappa shape index (κ2) is 8.27. The van der Waals surface area contributed by atoms with Gasteiger partial charge in [-0.25, -0.2) is 0 Å². The number of benzene rings is 3. The summed E-state index contributed by atoms with van der Waals surface area (Å²) in [5, 5.41) is 3.53. The largest absolute Gasteiger partial charge is 0.493 e. The SMILES string of the molecule is CCOc1cc([C@@H]2Nc3ccccc3C(=O)N2Cc2ccccc2)ccc1OC. The Balaban J connectivity index is 1.76. The monoisotopic (exact) mass is 388 g/mol. The molecule has 0 saturated heterocycles. The molecule has 0 unspecified atom stereocenters. The summed E-state index contributed by atoms with van der Waals surface area (Å²) in [6, 6.07) is 23.4. The summed E-state index contributed by atoms with van der Waals surface area (Å²) in [6.07, 6.45) is -0.317. The number of ether oxygens (including phenoxy) is 2. The minimum absolute atomic E-state index is 0.00183. The summed E-state index contributed by atoms with van der Waals surface area (Å²) < 4.78 is 11.2. The van der Waals surface area contributed by atoms with Crippen molar-refractivity contribution >= 4 is 11.6 Å². The molecule has 0 saturated carbocycles. The van der Waals surface area contributed by atoms with E-state index in [2.05, 4.69) is 5.32 Å². The second-order valence-corrected chi connectivity index (χ2v) is 6.85. The predicted molar refractivity (Wildman–Crippen MR) is 113 cm³/mol. The molecule has 4 rings (SSSR count). The van der Waals surface area contributed by atoms with Crippen LogP contribution < -0.4 is 14.8 Å². The molecule has 5 heteroatoms. The van der Waals surface area contributed by atoms with Crippen LogP contribution in [0.5, 0.6) is 11.5 Å². The van der Waals surface area contributed by atoms with Gasteiger partial charge in [0.25, 0.3) is 5.91 Å². The number of hydrogen-bond acceptors (Lipinski definition) is 4. The quantitative estimate of drug-likeness (QED) is 0.655. The zero-order valence-electron chi connectivity index (χ0n) is 16.6. The van der Waals surface area contributed by atoms with Crippen molar-refractivity contribution in [2.75, 3.05) is 19.0 Å². The number of rotatable bonds is 6. The molecule has 0 aromatic heterocycles. The number of carbonyl (C=O) groups excluding carboxylic acids is 1. The zero-order chi connectivity index (χ0) is 20.2. The van der Waals surface area contributed by atoms with Crippen LogP contribution in [0.2, 0.25) is 0 Å². The first-order valence-corrected chi connectivity index (χ1v) is 9.72. The number of nitrogens with one attached hydrogen (secondary N) is 1. The number of methoxy groups -OCH3 is 1. The fourth-order valence-electron chi connectivity index (χ4n) is 3.63. The molecule has 0 aliphatic carbocycles. The third-order valence-electron chi connectivity index (χ3n) is 5.02. The molecule has 1 atom stereocenters. The maximum absolute atomic E-state index is 13.4. The Morgan fingerprint density at radius 2 is 1.72 bits per heavy atom. The third kappa shape index (κ3) is 3.76. The highest BCUT2D eigenvalue weighted by atomic mass is 16.5. The zero-order valence-corrected chi connectivity index (χ0v) is 16.6. The summed E-state index contributed by atoms with van der Waals surface area (Å²) in [5.74, 6) is 1.34. The minimum Gasteiger partial charge on any atom is -0.493 e. The first-order valence-electron chi connectivity index (χ1n) is 9.72. The normalized spacial score (nSPS) is 15.4. The molecule has 5 nitrogen and oxygen atoms in total. The molecule has 1 aliphatic rings. The number of para-hydroxylation sites is 1. The molecule has 1 amide bonds. The van der Waals surface area contributed by atoms with Gasteiger partial charge in [0.15, 0.2) is 11.5 Å². The van der Waals surface area contributed by atoms with Crippen molar-refractivity contribution in [3.8, 4) is 11.5 Å². The Morgan fingerprint density at radius 3 is 2.48 bits per heavy atom. The van der Waals surface area contributed by atoms with Crippen molar-refractivity contribution in [3.63, 3.8) is 0 Å². The number of carbonyl (C=O) groups is 1. The molecular formula is C24H24N2O3. The van der Waals surface area contributed by atoms with E-state index in [0.717, 1.165) is 16.8 Å². The van der Waals surface area contributed by atoms with E-state index in [1.54, 1.807) is 7.11 Å². The molecule has 3 aromatic rings. The lowest BCUT2D eigenvalue weighted by atomic mass is 10.0. The van der Waals surface area contributed by atoms with E-state index in [4.69, 9.17) is 9.47 Å². The third-order valence-corrected chi connectivity index (χ3v) is 5.02. The summed E-state index contributed by atoms with van der Waals surface area (Å²) in [6.45, 7) is 2.97. The average molecular weight is 388 g/mol. The lowest BCUT2D eigenvalue weighted by Gasteiger charge is -2.38. The first-order chi connectivity index (χ1) is 14.2. The average Bonchev–Trinajstić information content (AvgIpc) is 2.76. The van der Waals surface area contributed by atoms with Gasteiger partial charge in [0.2, 0.25) is 0 Å². The maximum Gasteiger partial charge on any atom is 0.258 e. The Hall–Kier alpha value is -3.47. The maximum atomic E-state index is 13.4. The van der Waals surface area contributed by atoms with E-state index in [-0.39, 0.29) is 12.1 Å². The second-order valence-electron chi connectivity index (χ2n) is 6.85. The van der Waals surface area contributed by atoms with Gasteiger partial charge in [-0.2, -0.15) is 0 Å². The highest BCUT2D eigenvalue weighted by Gasteiger charge is 2.33. The van der Waals surface area contributed by atoms with Gasteiger partial charge in [-0.1, -0.05) is 48.5 Å². The molecule has 0 bridgehead atoms. The number of anilines is 1. The van der Waals surface area contributed by atoms with Crippen LogP contribution in [-0.4, -0.2) is 24.5 Å². The summed E-state index contributed by atoms with van der Waals surface area (Å²) in [4.78, 5) is 15.2. The van der Waals surface area contributed by atoms with Crippen LogP contribution in [0, 0.1) is 0 Å². The highest BCUT2D eigenvalue weighted by molar-refractivity contribution is 6.01. The van der Waals surface area contributed by atoms with Gasteiger partial charge in [-0.05, 0) is 42.3 Å². The Kier molecular flexibility index (Phi) is 5.38. The topological polar surface area (TPSA) is 50.8 Å². The van der Waals surface area contributed by atoms with Gasteiger partial charge in [0.05, 0.1) is 19.3 Å². The molecule has 1 aliphatic heterocycles. The van der Waals surface area contributed by atoms with Crippen LogP contribution in [0.15, 0.2) is 72.8 Å². The molecule has 0 spiro atoms. The smallest absolute Gasteiger partial charge is 0.258 e. The Labute approximate surface area is 170 Å². The van der Waals surface area contributed by atoms with Crippen LogP contribution in [0.4, 0.5) is 5.69 Å². The van der Waals surface area contributed by atoms with E-state index < -0.39 is 0 Å². The van der Waals surface area contributed by atoms with Crippen LogP contribution in [-0.2, 0) is 6.54 Å². The fourth-order valence-corrected chi connectivity index (χ4v) is 3.63. The van der Waals surface area contributed by atoms with Gasteiger partial charge in [-0.3, -0.25) is 4.79 Å². The highest BCUT2D eigenvalue weighted by Crippen LogP contribution is 2.37. The Bertz CT molecular complexity index is 1000. The van der Waals surface area contributed by atoms with Gasteiger partial charge < -0.3 is 19.7 Å². The molecule has 3 aromatic carbocycles. The molecule has 1 N–H and O–H groups in total. The molecule has 0 radical (unpaired) electrons. The van der Waals surface area contributed by atoms with E-state index in [9.17, 15) is 4.79 Å². The van der Waals surface area contributed by atoms with Gasteiger partial charge in [-0.15, -0.1) is 0 Å². The lowest BCUT2D eigenvalue weighted by Crippen LogP contribution is -2.42. The van der Waals surface area contributed by atoms with Crippen molar-refractivity contribution in [2.24, 2.45) is 0 Å². The first kappa shape index (κ1) is 18.9. The summed E-state index contributed by atoms with van der Waals surface area (Å²) >= 11 is 0. The molecule has 1 heterocycles. The van der Waals surface area contributed by atoms with Crippen LogP contribution in [0.3, 0.4) is 0 Å². The van der Waals surface area contributed by atoms with Crippen molar-refractivity contribution in [3.05, 3.63) is 89.5 Å². The van der Waals surface area contributed by atoms with E-state index in [1.165, 1.54) is 0 Å². The number of amides is 1. The van der Waals surface area contributed by atoms with Crippen LogP contribution >= 0.6 is 0 Å². The Morgan fingerprint density at radius 1 is 0.966 bits per heavy atom. The van der Waals surface area contributed by atoms with E-state index in [0.29, 0.717) is 30.2 Å². The lowest BCUT2D eigenvalue weighted by molar-refractivity contribution is 0.0666. The van der Waals surface area contributed by atoms with E-state index >= 15 is 0 Å². The fraction of sp³-hybridized carbons (Fsp3) is 0.208. The van der Waals surface area contributed by atoms with Gasteiger partial charge in [0.1, 0.15) is 6.17 Å². The predicted octanol–water partition coefficient (Wildman–Crippen LogP) is 4.86. The standard InChI is InChI=1S/C24H24N2O3/c1-3-29-22-15-18(13-14-21(22)28-2)23-25-20-12-8-7-11-19(20)24(27)26(23)16-17-9-5-4-6-10-17/h4-15,23,25H,3,16H2,1-2H3/t23-/m1/s1. The molecule has 148 valence electrons. The van der Waals surface area contributed by atoms with Crippen molar-refractivity contribution in [2.45, 2.75) is 19.6 Å². The van der Waals surface area contributed by atoms with Gasteiger partial charge >= 0.3 is 0 Å². The number of fused-ring (bicyclic) bond motifs is 1.